The van der Waals surface area contributed by atoms with Gasteiger partial charge in [0, 0.05) is 36.2 Å². The van der Waals surface area contributed by atoms with Gasteiger partial charge in [0.15, 0.2) is 0 Å². The SMILES string of the molecule is O=C(NCC1(c2cccs2)CCOCC1)c1ccccn1. The Labute approximate surface area is 128 Å². The lowest BCUT2D eigenvalue weighted by atomic mass is 9.78. The zero-order valence-electron chi connectivity index (χ0n) is 11.7. The van der Waals surface area contributed by atoms with Gasteiger partial charge in [-0.05, 0) is 36.4 Å². The van der Waals surface area contributed by atoms with Gasteiger partial charge in [-0.15, -0.1) is 11.3 Å². The largest absolute Gasteiger partial charge is 0.381 e. The molecule has 1 saturated heterocycles. The summed E-state index contributed by atoms with van der Waals surface area (Å²) < 4.78 is 5.49. The summed E-state index contributed by atoms with van der Waals surface area (Å²) in [6, 6.07) is 9.59. The van der Waals surface area contributed by atoms with Crippen LogP contribution in [-0.4, -0.2) is 30.6 Å². The average Bonchev–Trinajstić information content (AvgIpc) is 3.09. The van der Waals surface area contributed by atoms with Crippen molar-refractivity contribution in [1.29, 1.82) is 0 Å². The molecule has 110 valence electrons. The summed E-state index contributed by atoms with van der Waals surface area (Å²) in [5.41, 5.74) is 0.461. The van der Waals surface area contributed by atoms with Crippen LogP contribution in [0.2, 0.25) is 0 Å². The highest BCUT2D eigenvalue weighted by atomic mass is 32.1. The number of aromatic nitrogens is 1. The zero-order chi connectivity index (χ0) is 14.5. The Kier molecular flexibility index (Phi) is 4.31. The minimum atomic E-state index is -0.113. The molecule has 3 heterocycles. The van der Waals surface area contributed by atoms with Crippen molar-refractivity contribution in [2.75, 3.05) is 19.8 Å². The van der Waals surface area contributed by atoms with E-state index in [-0.39, 0.29) is 11.3 Å². The van der Waals surface area contributed by atoms with E-state index in [2.05, 4.69) is 27.8 Å². The third-order valence-electron chi connectivity index (χ3n) is 3.98. The Bertz CT molecular complexity index is 578. The molecule has 1 aliphatic rings. The smallest absolute Gasteiger partial charge is 0.269 e. The van der Waals surface area contributed by atoms with E-state index in [4.69, 9.17) is 4.74 Å². The zero-order valence-corrected chi connectivity index (χ0v) is 12.6. The number of nitrogens with zero attached hydrogens (tertiary/aromatic N) is 1. The third-order valence-corrected chi connectivity index (χ3v) is 5.09. The van der Waals surface area contributed by atoms with Crippen LogP contribution in [0.3, 0.4) is 0 Å². The number of pyridine rings is 1. The molecule has 0 spiro atoms. The Balaban J connectivity index is 1.72. The van der Waals surface area contributed by atoms with E-state index < -0.39 is 0 Å². The second-order valence-electron chi connectivity index (χ2n) is 5.27. The van der Waals surface area contributed by atoms with Crippen LogP contribution in [0.25, 0.3) is 0 Å². The van der Waals surface area contributed by atoms with Gasteiger partial charge in [-0.25, -0.2) is 0 Å². The van der Waals surface area contributed by atoms with Crippen molar-refractivity contribution in [3.63, 3.8) is 0 Å². The van der Waals surface area contributed by atoms with Crippen LogP contribution in [0.4, 0.5) is 0 Å². The van der Waals surface area contributed by atoms with E-state index in [0.717, 1.165) is 26.1 Å². The normalized spacial score (nSPS) is 17.3. The molecule has 4 nitrogen and oxygen atoms in total. The van der Waals surface area contributed by atoms with Crippen molar-refractivity contribution >= 4 is 17.2 Å². The van der Waals surface area contributed by atoms with E-state index in [9.17, 15) is 4.79 Å². The van der Waals surface area contributed by atoms with Crippen molar-refractivity contribution < 1.29 is 9.53 Å². The quantitative estimate of drug-likeness (QED) is 0.944. The standard InChI is InChI=1S/C16H18N2O2S/c19-15(13-4-1-2-8-17-13)18-12-16(6-9-20-10-7-16)14-5-3-11-21-14/h1-5,8,11H,6-7,9-10,12H2,(H,18,19). The molecule has 2 aromatic rings. The average molecular weight is 302 g/mol. The first kappa shape index (κ1) is 14.2. The number of hydrogen-bond acceptors (Lipinski definition) is 4. The summed E-state index contributed by atoms with van der Waals surface area (Å²) in [4.78, 5) is 17.6. The molecule has 3 rings (SSSR count). The summed E-state index contributed by atoms with van der Waals surface area (Å²) >= 11 is 1.75. The molecule has 1 amide bonds. The van der Waals surface area contributed by atoms with Crippen molar-refractivity contribution in [3.8, 4) is 0 Å². The molecular formula is C16H18N2O2S. The van der Waals surface area contributed by atoms with Crippen LogP contribution in [0.1, 0.15) is 28.2 Å². The number of ether oxygens (including phenoxy) is 1. The summed E-state index contributed by atoms with van der Waals surface area (Å²) in [7, 11) is 0. The lowest BCUT2D eigenvalue weighted by Gasteiger charge is -2.36. The van der Waals surface area contributed by atoms with Crippen LogP contribution in [0, 0.1) is 0 Å². The molecule has 0 radical (unpaired) electrons. The summed E-state index contributed by atoms with van der Waals surface area (Å²) in [5, 5.41) is 5.14. The molecule has 0 atom stereocenters. The molecule has 0 saturated carbocycles. The summed E-state index contributed by atoms with van der Waals surface area (Å²) in [6.45, 7) is 2.13. The number of thiophene rings is 1. The Morgan fingerprint density at radius 2 is 2.14 bits per heavy atom. The molecule has 1 fully saturated rings. The molecule has 2 aromatic heterocycles. The maximum atomic E-state index is 12.2. The Morgan fingerprint density at radius 1 is 1.29 bits per heavy atom. The molecule has 21 heavy (non-hydrogen) atoms. The first-order valence-electron chi connectivity index (χ1n) is 7.11. The summed E-state index contributed by atoms with van der Waals surface area (Å²) in [5.74, 6) is -0.113. The lowest BCUT2D eigenvalue weighted by Crippen LogP contribution is -2.44. The van der Waals surface area contributed by atoms with Crippen LogP contribution in [0.15, 0.2) is 41.9 Å². The van der Waals surface area contributed by atoms with E-state index in [1.807, 2.05) is 12.1 Å². The Hall–Kier alpha value is -1.72. The van der Waals surface area contributed by atoms with E-state index in [1.54, 1.807) is 23.6 Å². The van der Waals surface area contributed by atoms with Gasteiger partial charge < -0.3 is 10.1 Å². The van der Waals surface area contributed by atoms with Gasteiger partial charge in [0.2, 0.25) is 0 Å². The second-order valence-corrected chi connectivity index (χ2v) is 6.22. The molecule has 1 aliphatic heterocycles. The van der Waals surface area contributed by atoms with Crippen molar-refractivity contribution in [3.05, 3.63) is 52.5 Å². The minimum absolute atomic E-state index is 0.00312. The van der Waals surface area contributed by atoms with E-state index >= 15 is 0 Å². The second kappa shape index (κ2) is 6.37. The molecule has 0 bridgehead atoms. The number of carbonyl (C=O) groups is 1. The first-order valence-corrected chi connectivity index (χ1v) is 7.99. The van der Waals surface area contributed by atoms with Crippen molar-refractivity contribution in [2.45, 2.75) is 18.3 Å². The molecular weight excluding hydrogens is 284 g/mol. The highest BCUT2D eigenvalue weighted by Gasteiger charge is 2.35. The minimum Gasteiger partial charge on any atom is -0.381 e. The highest BCUT2D eigenvalue weighted by Crippen LogP contribution is 2.36. The molecule has 0 aliphatic carbocycles. The van der Waals surface area contributed by atoms with Crippen LogP contribution in [0.5, 0.6) is 0 Å². The fourth-order valence-electron chi connectivity index (χ4n) is 2.69. The number of rotatable bonds is 4. The Morgan fingerprint density at radius 3 is 2.81 bits per heavy atom. The van der Waals surface area contributed by atoms with E-state index in [1.165, 1.54) is 4.88 Å². The van der Waals surface area contributed by atoms with Gasteiger partial charge in [-0.2, -0.15) is 0 Å². The van der Waals surface area contributed by atoms with Gasteiger partial charge in [-0.3, -0.25) is 9.78 Å². The number of amides is 1. The van der Waals surface area contributed by atoms with E-state index in [0.29, 0.717) is 12.2 Å². The van der Waals surface area contributed by atoms with Gasteiger partial charge in [-0.1, -0.05) is 12.1 Å². The van der Waals surface area contributed by atoms with Crippen molar-refractivity contribution in [1.82, 2.24) is 10.3 Å². The fourth-order valence-corrected chi connectivity index (χ4v) is 3.68. The third kappa shape index (κ3) is 3.14. The number of hydrogen-bond donors (Lipinski definition) is 1. The number of carbonyl (C=O) groups excluding carboxylic acids is 1. The van der Waals surface area contributed by atoms with Gasteiger partial charge in [0.25, 0.3) is 5.91 Å². The summed E-state index contributed by atoms with van der Waals surface area (Å²) in [6.07, 6.45) is 3.52. The maximum absolute atomic E-state index is 12.2. The molecule has 5 heteroatoms. The van der Waals surface area contributed by atoms with Gasteiger partial charge >= 0.3 is 0 Å². The van der Waals surface area contributed by atoms with Crippen LogP contribution >= 0.6 is 11.3 Å². The van der Waals surface area contributed by atoms with Gasteiger partial charge in [0.1, 0.15) is 5.69 Å². The highest BCUT2D eigenvalue weighted by molar-refractivity contribution is 7.10. The number of nitrogens with one attached hydrogen (secondary N) is 1. The van der Waals surface area contributed by atoms with Gasteiger partial charge in [0.05, 0.1) is 0 Å². The first-order chi connectivity index (χ1) is 10.3. The molecule has 1 N–H and O–H groups in total. The predicted octanol–water partition coefficient (Wildman–Crippen LogP) is 2.62. The monoisotopic (exact) mass is 302 g/mol. The van der Waals surface area contributed by atoms with Crippen LogP contribution in [-0.2, 0) is 10.2 Å². The molecule has 0 unspecified atom stereocenters. The molecule has 0 aromatic carbocycles. The predicted molar refractivity (Wildman–Crippen MR) is 82.6 cm³/mol. The maximum Gasteiger partial charge on any atom is 0.269 e. The van der Waals surface area contributed by atoms with Crippen molar-refractivity contribution in [2.24, 2.45) is 0 Å². The van der Waals surface area contributed by atoms with Crippen LogP contribution < -0.4 is 5.32 Å². The topological polar surface area (TPSA) is 51.2 Å². The lowest BCUT2D eigenvalue weighted by molar-refractivity contribution is 0.0498. The fraction of sp³-hybridized carbons (Fsp3) is 0.375.